The quantitative estimate of drug-likeness (QED) is 0.168. The maximum absolute atomic E-state index is 15.2. The van der Waals surface area contributed by atoms with Gasteiger partial charge in [0.05, 0.1) is 11.3 Å². The molecule has 1 saturated heterocycles. The Balaban J connectivity index is 1.53. The number of para-hydroxylation sites is 1. The molecule has 0 aliphatic carbocycles. The Morgan fingerprint density at radius 1 is 0.979 bits per heavy atom. The second kappa shape index (κ2) is 12.1. The van der Waals surface area contributed by atoms with Crippen LogP contribution in [0.1, 0.15) is 56.5 Å². The summed E-state index contributed by atoms with van der Waals surface area (Å²) in [5, 5.41) is 10.7. The van der Waals surface area contributed by atoms with Crippen LogP contribution in [0.3, 0.4) is 0 Å². The van der Waals surface area contributed by atoms with E-state index in [1.807, 2.05) is 13.0 Å². The summed E-state index contributed by atoms with van der Waals surface area (Å²) >= 11 is 5.88. The summed E-state index contributed by atoms with van der Waals surface area (Å²) < 4.78 is 31.3. The molecular weight excluding hydrogens is 624 g/mol. The van der Waals surface area contributed by atoms with Crippen molar-refractivity contribution < 1.29 is 13.6 Å². The molecule has 0 radical (unpaired) electrons. The number of aryl methyl sites for hydroxylation is 1. The fourth-order valence-corrected chi connectivity index (χ4v) is 6.69. The van der Waals surface area contributed by atoms with Gasteiger partial charge in [-0.05, 0) is 95.5 Å². The van der Waals surface area contributed by atoms with Gasteiger partial charge in [-0.2, -0.15) is 4.98 Å². The van der Waals surface area contributed by atoms with Gasteiger partial charge in [-0.25, -0.2) is 18.7 Å². The number of piperidine rings is 1. The fourth-order valence-electron chi connectivity index (χ4n) is 6.58. The number of carbonyl (C=O) groups excluding carboxylic acids is 1. The molecule has 4 heterocycles. The van der Waals surface area contributed by atoms with Gasteiger partial charge in [-0.15, -0.1) is 0 Å². The second-order valence-electron chi connectivity index (χ2n) is 13.2. The molecule has 1 fully saturated rings. The van der Waals surface area contributed by atoms with Crippen LogP contribution < -0.4 is 21.5 Å². The van der Waals surface area contributed by atoms with Crippen LogP contribution in [-0.4, -0.2) is 42.5 Å². The summed E-state index contributed by atoms with van der Waals surface area (Å²) in [5.41, 5.74) is 1.09. The van der Waals surface area contributed by atoms with Crippen molar-refractivity contribution in [3.63, 3.8) is 0 Å². The molecule has 0 bridgehead atoms. The van der Waals surface area contributed by atoms with Crippen LogP contribution in [0.15, 0.2) is 71.7 Å². The molecule has 3 aromatic heterocycles. The number of nitrogens with zero attached hydrogens (tertiary/aromatic N) is 4. The van der Waals surface area contributed by atoms with Crippen molar-refractivity contribution in [2.24, 2.45) is 0 Å². The predicted molar refractivity (Wildman–Crippen MR) is 180 cm³/mol. The SMILES string of the molecule is Cc1ccc(NC(=O)c2ccc(Cl)nc2)cc1-c1nc(NC2CC(C)(C)NC(C)(C)C2)nc2c1ccc(=O)n2-c1c(F)cccc1F. The summed E-state index contributed by atoms with van der Waals surface area (Å²) in [6.45, 7) is 10.4. The number of pyridine rings is 2. The van der Waals surface area contributed by atoms with Crippen LogP contribution in [0.25, 0.3) is 28.0 Å². The van der Waals surface area contributed by atoms with E-state index in [2.05, 4.69) is 48.6 Å². The maximum Gasteiger partial charge on any atom is 0.257 e. The molecule has 0 spiro atoms. The molecular formula is C35H34ClF2N7O2. The normalized spacial score (nSPS) is 15.8. The highest BCUT2D eigenvalue weighted by Gasteiger charge is 2.38. The number of amides is 1. The maximum atomic E-state index is 15.2. The summed E-state index contributed by atoms with van der Waals surface area (Å²) in [6.07, 6.45) is 2.88. The van der Waals surface area contributed by atoms with Gasteiger partial charge in [0.15, 0.2) is 5.65 Å². The van der Waals surface area contributed by atoms with Crippen LogP contribution in [-0.2, 0) is 0 Å². The molecule has 12 heteroatoms. The molecule has 1 aliphatic heterocycles. The lowest BCUT2D eigenvalue weighted by molar-refractivity contribution is 0.102. The number of anilines is 2. The van der Waals surface area contributed by atoms with E-state index < -0.39 is 22.9 Å². The van der Waals surface area contributed by atoms with Crippen molar-refractivity contribution >= 4 is 40.2 Å². The fraction of sp³-hybridized carbons (Fsp3) is 0.286. The van der Waals surface area contributed by atoms with Crippen LogP contribution in [0.2, 0.25) is 5.15 Å². The zero-order chi connectivity index (χ0) is 33.7. The van der Waals surface area contributed by atoms with Crippen molar-refractivity contribution in [3.05, 3.63) is 105 Å². The highest BCUT2D eigenvalue weighted by atomic mass is 35.5. The third-order valence-corrected chi connectivity index (χ3v) is 8.40. The number of fused-ring (bicyclic) bond motifs is 1. The average Bonchev–Trinajstić information content (AvgIpc) is 2.97. The van der Waals surface area contributed by atoms with E-state index in [-0.39, 0.29) is 39.8 Å². The van der Waals surface area contributed by atoms with E-state index in [0.29, 0.717) is 27.9 Å². The third-order valence-electron chi connectivity index (χ3n) is 8.18. The Kier molecular flexibility index (Phi) is 8.31. The molecule has 0 saturated carbocycles. The predicted octanol–water partition coefficient (Wildman–Crippen LogP) is 7.06. The lowest BCUT2D eigenvalue weighted by Gasteiger charge is -2.46. The van der Waals surface area contributed by atoms with E-state index in [1.54, 1.807) is 24.3 Å². The molecule has 47 heavy (non-hydrogen) atoms. The summed E-state index contributed by atoms with van der Waals surface area (Å²) in [6, 6.07) is 14.6. The molecule has 242 valence electrons. The molecule has 3 N–H and O–H groups in total. The van der Waals surface area contributed by atoms with Gasteiger partial charge in [0.25, 0.3) is 11.5 Å². The van der Waals surface area contributed by atoms with Gasteiger partial charge in [-0.1, -0.05) is 23.7 Å². The van der Waals surface area contributed by atoms with Crippen molar-refractivity contribution in [2.45, 2.75) is 64.6 Å². The molecule has 2 aromatic carbocycles. The molecule has 5 aromatic rings. The zero-order valence-corrected chi connectivity index (χ0v) is 27.3. The van der Waals surface area contributed by atoms with E-state index in [9.17, 15) is 9.59 Å². The van der Waals surface area contributed by atoms with E-state index in [1.165, 1.54) is 24.4 Å². The first-order valence-electron chi connectivity index (χ1n) is 15.2. The van der Waals surface area contributed by atoms with Gasteiger partial charge in [0.2, 0.25) is 5.95 Å². The Bertz CT molecular complexity index is 2040. The lowest BCUT2D eigenvalue weighted by Crippen LogP contribution is -2.60. The second-order valence-corrected chi connectivity index (χ2v) is 13.6. The monoisotopic (exact) mass is 657 g/mol. The van der Waals surface area contributed by atoms with Crippen molar-refractivity contribution in [1.82, 2.24) is 24.8 Å². The topological polar surface area (TPSA) is 114 Å². The Morgan fingerprint density at radius 2 is 1.68 bits per heavy atom. The van der Waals surface area contributed by atoms with Crippen molar-refractivity contribution in [1.29, 1.82) is 0 Å². The Hall–Kier alpha value is -4.74. The minimum Gasteiger partial charge on any atom is -0.351 e. The van der Waals surface area contributed by atoms with Gasteiger partial charge in [0, 0.05) is 46.0 Å². The first kappa shape index (κ1) is 32.2. The van der Waals surface area contributed by atoms with Crippen molar-refractivity contribution in [3.8, 4) is 16.9 Å². The lowest BCUT2D eigenvalue weighted by atomic mass is 9.80. The van der Waals surface area contributed by atoms with E-state index in [4.69, 9.17) is 21.6 Å². The molecule has 1 amide bonds. The van der Waals surface area contributed by atoms with E-state index >= 15 is 8.78 Å². The van der Waals surface area contributed by atoms with Crippen LogP contribution >= 0.6 is 11.6 Å². The first-order valence-corrected chi connectivity index (χ1v) is 15.6. The zero-order valence-electron chi connectivity index (χ0n) is 26.6. The van der Waals surface area contributed by atoms with E-state index in [0.717, 1.165) is 35.1 Å². The molecule has 9 nitrogen and oxygen atoms in total. The molecule has 1 aliphatic rings. The summed E-state index contributed by atoms with van der Waals surface area (Å²) in [5.74, 6) is -2.01. The van der Waals surface area contributed by atoms with Crippen molar-refractivity contribution in [2.75, 3.05) is 10.6 Å². The number of aromatic nitrogens is 4. The highest BCUT2D eigenvalue weighted by Crippen LogP contribution is 2.35. The Morgan fingerprint density at radius 3 is 2.34 bits per heavy atom. The summed E-state index contributed by atoms with van der Waals surface area (Å²) in [4.78, 5) is 40.0. The number of hydrogen-bond acceptors (Lipinski definition) is 7. The molecule has 0 atom stereocenters. The largest absolute Gasteiger partial charge is 0.351 e. The van der Waals surface area contributed by atoms with Crippen LogP contribution in [0.4, 0.5) is 20.4 Å². The third kappa shape index (κ3) is 6.72. The number of carbonyl (C=O) groups is 1. The first-order chi connectivity index (χ1) is 22.2. The standard InChI is InChI=1S/C35H34ClF2N7O2/c1-19-9-11-21(40-32(47)20-10-13-27(36)39-18-20)15-24(19)29-23-12-14-28(46)45(30-25(37)7-6-8-26(30)38)31(23)43-33(42-29)41-22-16-34(2,3)44-35(4,5)17-22/h6-15,18,22,44H,16-17H2,1-5H3,(H,40,47)(H,41,42,43). The van der Waals surface area contributed by atoms with Gasteiger partial charge in [-0.3, -0.25) is 14.2 Å². The minimum absolute atomic E-state index is 0.0301. The van der Waals surface area contributed by atoms with Crippen LogP contribution in [0, 0.1) is 18.6 Å². The number of halogens is 3. The molecule has 0 unspecified atom stereocenters. The number of benzene rings is 2. The average molecular weight is 658 g/mol. The molecule has 6 rings (SSSR count). The number of hydrogen-bond donors (Lipinski definition) is 3. The van der Waals surface area contributed by atoms with Gasteiger partial charge < -0.3 is 16.0 Å². The minimum atomic E-state index is -0.909. The number of nitrogens with one attached hydrogen (secondary N) is 3. The van der Waals surface area contributed by atoms with Gasteiger partial charge >= 0.3 is 0 Å². The number of rotatable bonds is 6. The van der Waals surface area contributed by atoms with Crippen LogP contribution in [0.5, 0.6) is 0 Å². The van der Waals surface area contributed by atoms with Gasteiger partial charge in [0.1, 0.15) is 22.5 Å². The smallest absolute Gasteiger partial charge is 0.257 e. The highest BCUT2D eigenvalue weighted by molar-refractivity contribution is 6.29. The Labute approximate surface area is 275 Å². The summed E-state index contributed by atoms with van der Waals surface area (Å²) in [7, 11) is 0.